The molecule has 4 aliphatic rings. The van der Waals surface area contributed by atoms with Crippen LogP contribution in [0.2, 0.25) is 0 Å². The predicted octanol–water partition coefficient (Wildman–Crippen LogP) is -6.08. The van der Waals surface area contributed by atoms with Crippen LogP contribution in [0.15, 0.2) is 33.7 Å². The number of aliphatic imine (C=N–C) groups is 2. The largest absolute Gasteiger partial charge is 0.477 e. The summed E-state index contributed by atoms with van der Waals surface area (Å²) in [6.07, 6.45) is -5.00. The van der Waals surface area contributed by atoms with Crippen LogP contribution in [0.3, 0.4) is 0 Å². The maximum atomic E-state index is 13.6. The number of guanidine groups is 2. The van der Waals surface area contributed by atoms with E-state index in [0.29, 0.717) is 26.4 Å². The molecular formula is C50H79N11O23. The summed E-state index contributed by atoms with van der Waals surface area (Å²) in [6, 6.07) is -6.07. The number of carboxylic acids is 2. The number of ether oxygens (including phenoxy) is 10. The average molecular weight is 1200 g/mol. The van der Waals surface area contributed by atoms with Crippen molar-refractivity contribution in [2.45, 2.75) is 131 Å². The van der Waals surface area contributed by atoms with Crippen LogP contribution in [0.25, 0.3) is 0 Å². The summed E-state index contributed by atoms with van der Waals surface area (Å²) in [6.45, 7) is 2.78. The Morgan fingerprint density at radius 3 is 1.36 bits per heavy atom. The zero-order chi connectivity index (χ0) is 61.9. The summed E-state index contributed by atoms with van der Waals surface area (Å²) in [4.78, 5) is 97.8. The Bertz CT molecular complexity index is 2210. The van der Waals surface area contributed by atoms with E-state index in [1.807, 2.05) is 0 Å². The molecule has 0 aromatic carbocycles. The second-order valence-electron chi connectivity index (χ2n) is 19.5. The first-order valence-corrected chi connectivity index (χ1v) is 26.8. The van der Waals surface area contributed by atoms with E-state index in [1.54, 1.807) is 0 Å². The van der Waals surface area contributed by atoms with Gasteiger partial charge in [-0.05, 0) is 37.8 Å². The Hall–Kier alpha value is -7.33. The van der Waals surface area contributed by atoms with Gasteiger partial charge in [0.2, 0.25) is 29.2 Å². The van der Waals surface area contributed by atoms with E-state index in [-0.39, 0.29) is 103 Å². The minimum atomic E-state index is -1.83. The number of carbonyl (C=O) groups is 7. The molecule has 2 heterocycles. The number of aliphatic hydroxyl groups is 4. The number of amides is 5. The zero-order valence-corrected chi connectivity index (χ0v) is 46.5. The van der Waals surface area contributed by atoms with Gasteiger partial charge in [0.05, 0.1) is 115 Å². The van der Waals surface area contributed by atoms with Crippen molar-refractivity contribution >= 4 is 53.8 Å². The molecule has 34 nitrogen and oxygen atoms in total. The summed E-state index contributed by atoms with van der Waals surface area (Å²) < 4.78 is 55.8. The molecule has 0 unspecified atom stereocenters. The van der Waals surface area contributed by atoms with E-state index in [2.05, 4.69) is 37.2 Å². The van der Waals surface area contributed by atoms with Crippen molar-refractivity contribution in [2.75, 3.05) is 92.4 Å². The van der Waals surface area contributed by atoms with Crippen molar-refractivity contribution in [1.29, 1.82) is 0 Å². The average Bonchev–Trinajstić information content (AvgIpc) is 3.47. The van der Waals surface area contributed by atoms with E-state index < -0.39 is 145 Å². The van der Waals surface area contributed by atoms with Crippen molar-refractivity contribution < 1.29 is 112 Å². The van der Waals surface area contributed by atoms with Crippen molar-refractivity contribution in [2.24, 2.45) is 32.9 Å². The van der Waals surface area contributed by atoms with Crippen LogP contribution < -0.4 is 44.2 Å². The molecule has 0 aromatic rings. The third kappa shape index (κ3) is 23.4. The fraction of sp³-hybridized carbons (Fsp3) is 0.700. The van der Waals surface area contributed by atoms with Gasteiger partial charge in [-0.2, -0.15) is 0 Å². The molecule has 2 saturated carbocycles. The number of terminal acetylenes is 1. The fourth-order valence-electron chi connectivity index (χ4n) is 8.95. The van der Waals surface area contributed by atoms with Gasteiger partial charge in [0.25, 0.3) is 0 Å². The van der Waals surface area contributed by atoms with Gasteiger partial charge in [-0.25, -0.2) is 29.2 Å². The van der Waals surface area contributed by atoms with Crippen LogP contribution in [-0.2, 0) is 71.3 Å². The number of carbonyl (C=O) groups excluding carboxylic acids is 5. The highest BCUT2D eigenvalue weighted by Gasteiger charge is 2.49. The molecule has 18 N–H and O–H groups in total. The first kappa shape index (κ1) is 69.2. The van der Waals surface area contributed by atoms with Crippen LogP contribution in [0.1, 0.15) is 46.0 Å². The summed E-state index contributed by atoms with van der Waals surface area (Å²) in [5.74, 6) is -4.62. The first-order chi connectivity index (χ1) is 40.0. The van der Waals surface area contributed by atoms with E-state index in [1.165, 1.54) is 4.90 Å². The SMILES string of the molecule is C#CCOCCOCCOCCOCCC(=O)N(CCOC1CC(NC(=O)O[C@@H]([C@@H]2OC(C(=O)O)=C[C@H](N=C(N)N)[C@H]2NC(C)=O)[C@H](O)CO)C1)CCOC1CC(NC(=O)O[C@@H]([C@@H]2OC(C(=O)O)=C[C@H](N=C(N)N)[C@H]2NC(C)=O)[C@H](O)CO)C1. The van der Waals surface area contributed by atoms with Gasteiger partial charge in [0.1, 0.15) is 18.8 Å². The number of alkyl carbamates (subject to hydrolysis) is 2. The van der Waals surface area contributed by atoms with E-state index >= 15 is 0 Å². The summed E-state index contributed by atoms with van der Waals surface area (Å²) in [7, 11) is 0. The number of rotatable bonds is 37. The lowest BCUT2D eigenvalue weighted by molar-refractivity contribution is -0.147. The molecule has 2 aliphatic heterocycles. The Morgan fingerprint density at radius 2 is 1.01 bits per heavy atom. The summed E-state index contributed by atoms with van der Waals surface area (Å²) in [5, 5.41) is 71.0. The molecule has 84 heavy (non-hydrogen) atoms. The second-order valence-corrected chi connectivity index (χ2v) is 19.5. The highest BCUT2D eigenvalue weighted by atomic mass is 16.6. The van der Waals surface area contributed by atoms with E-state index in [4.69, 9.17) is 76.7 Å². The molecule has 472 valence electrons. The quantitative estimate of drug-likeness (QED) is 0.0119. The molecule has 10 atom stereocenters. The van der Waals surface area contributed by atoms with Gasteiger partial charge in [0.15, 0.2) is 36.3 Å². The van der Waals surface area contributed by atoms with Gasteiger partial charge < -0.3 is 127 Å². The molecule has 5 amide bonds. The molecule has 0 spiro atoms. The van der Waals surface area contributed by atoms with Crippen LogP contribution in [0, 0.1) is 12.3 Å². The monoisotopic (exact) mass is 1200 g/mol. The Morgan fingerprint density at radius 1 is 0.631 bits per heavy atom. The van der Waals surface area contributed by atoms with Gasteiger partial charge >= 0.3 is 24.1 Å². The number of nitrogens with zero attached hydrogens (tertiary/aromatic N) is 3. The van der Waals surface area contributed by atoms with E-state index in [0.717, 1.165) is 26.0 Å². The number of aliphatic carboxylic acids is 2. The Kier molecular flexibility index (Phi) is 29.4. The summed E-state index contributed by atoms with van der Waals surface area (Å²) in [5.41, 5.74) is 22.2. The van der Waals surface area contributed by atoms with Gasteiger partial charge in [0, 0.05) is 39.0 Å². The zero-order valence-electron chi connectivity index (χ0n) is 46.5. The molecular weight excluding hydrogens is 1120 g/mol. The van der Waals surface area contributed by atoms with Crippen molar-refractivity contribution in [3.05, 3.63) is 23.7 Å². The highest BCUT2D eigenvalue weighted by Crippen LogP contribution is 2.30. The van der Waals surface area contributed by atoms with Crippen molar-refractivity contribution in [3.8, 4) is 12.3 Å². The number of nitrogens with one attached hydrogen (secondary N) is 4. The molecule has 0 bridgehead atoms. The van der Waals surface area contributed by atoms with Crippen LogP contribution in [0.4, 0.5) is 9.59 Å². The minimum Gasteiger partial charge on any atom is -0.477 e. The number of nitrogens with two attached hydrogens (primary N) is 4. The second kappa shape index (κ2) is 35.7. The smallest absolute Gasteiger partial charge is 0.407 e. The Labute approximate surface area is 482 Å². The van der Waals surface area contributed by atoms with Gasteiger partial charge in [-0.3, -0.25) is 14.4 Å². The number of hydrogen-bond donors (Lipinski definition) is 14. The predicted molar refractivity (Wildman–Crippen MR) is 287 cm³/mol. The minimum absolute atomic E-state index is 0.00555. The normalized spacial score (nSPS) is 24.7. The molecule has 0 aromatic heterocycles. The standard InChI is InChI=1S/C50H79N11O23/c1-4-8-75-12-14-77-16-17-78-15-13-76-9-5-38(68)61(6-10-79-30-18-28(19-30)57-49(73)83-41(34(66)24-62)43-39(55-26(2)64)32(59-47(51)52)22-36(81-43)45(69)70)7-11-80-31-20-29(21-31)58-50(74)84-42(35(67)25-63)44-40(56-27(3)65)33(60-48(53)54)23-37(82-44)46(71)72/h1,22-23,28-35,39-44,62-63,66-67H,5-21,24-25H2,2-3H3,(H,55,64)(H,56,65)(H,57,73)(H,58,74)(H,69,70)(H,71,72)(H4,51,52,59)(H4,53,54,60)/t28?,29?,30?,31?,32-,33-,34+,35+,39+,40+,41+,42+,43+,44+/m0/s1. The molecule has 34 heteroatoms. The van der Waals surface area contributed by atoms with Gasteiger partial charge in [-0.15, -0.1) is 6.42 Å². The Balaban J connectivity index is 1.30. The lowest BCUT2D eigenvalue weighted by Gasteiger charge is -2.40. The fourth-order valence-corrected chi connectivity index (χ4v) is 8.95. The van der Waals surface area contributed by atoms with Crippen molar-refractivity contribution in [3.63, 3.8) is 0 Å². The highest BCUT2D eigenvalue weighted by molar-refractivity contribution is 5.86. The van der Waals surface area contributed by atoms with Crippen LogP contribution in [-0.4, -0.2) is 267 Å². The molecule has 2 aliphatic carbocycles. The van der Waals surface area contributed by atoms with Gasteiger partial charge in [-0.1, -0.05) is 5.92 Å². The third-order valence-electron chi connectivity index (χ3n) is 13.0. The lowest BCUT2D eigenvalue weighted by Crippen LogP contribution is -2.61. The number of carboxylic acid groups (broad SMARTS) is 2. The molecule has 0 saturated heterocycles. The molecule has 4 rings (SSSR count). The lowest BCUT2D eigenvalue weighted by atomic mass is 9.89. The van der Waals surface area contributed by atoms with Crippen molar-refractivity contribution in [1.82, 2.24) is 26.2 Å². The van der Waals surface area contributed by atoms with Crippen LogP contribution >= 0.6 is 0 Å². The maximum absolute atomic E-state index is 13.6. The first-order valence-electron chi connectivity index (χ1n) is 26.8. The number of hydrogen-bond acceptors (Lipinski definition) is 23. The maximum Gasteiger partial charge on any atom is 0.407 e. The van der Waals surface area contributed by atoms with Crippen LogP contribution in [0.5, 0.6) is 0 Å². The van der Waals surface area contributed by atoms with E-state index in [9.17, 15) is 64.2 Å². The summed E-state index contributed by atoms with van der Waals surface area (Å²) >= 11 is 0. The molecule has 2 fully saturated rings. The topological polar surface area (TPSA) is 513 Å². The third-order valence-corrected chi connectivity index (χ3v) is 13.0. The molecule has 0 radical (unpaired) electrons. The number of aliphatic hydroxyl groups excluding tert-OH is 4.